The topological polar surface area (TPSA) is 96.9 Å². The first-order valence-corrected chi connectivity index (χ1v) is 10.2. The van der Waals surface area contributed by atoms with Gasteiger partial charge in [0.15, 0.2) is 6.61 Å². The van der Waals surface area contributed by atoms with E-state index >= 15 is 0 Å². The molecular formula is C17H19N3O4S2. The molecule has 1 aliphatic heterocycles. The van der Waals surface area contributed by atoms with Crippen molar-refractivity contribution >= 4 is 45.8 Å². The molecule has 0 unspecified atom stereocenters. The van der Waals surface area contributed by atoms with Crippen molar-refractivity contribution in [2.75, 3.05) is 18.9 Å². The summed E-state index contributed by atoms with van der Waals surface area (Å²) in [5.41, 5.74) is 1.24. The van der Waals surface area contributed by atoms with Crippen LogP contribution in [0.25, 0.3) is 0 Å². The Hall–Kier alpha value is -2.00. The summed E-state index contributed by atoms with van der Waals surface area (Å²) >= 11 is 3.30. The number of esters is 1. The molecule has 0 atom stereocenters. The quantitative estimate of drug-likeness (QED) is 0.719. The van der Waals surface area contributed by atoms with Crippen molar-refractivity contribution in [1.29, 1.82) is 0 Å². The second-order valence-corrected chi connectivity index (χ2v) is 8.12. The Morgan fingerprint density at radius 1 is 1.27 bits per heavy atom. The Morgan fingerprint density at radius 2 is 2.08 bits per heavy atom. The summed E-state index contributed by atoms with van der Waals surface area (Å²) < 4.78 is 6.07. The van der Waals surface area contributed by atoms with Gasteiger partial charge in [-0.1, -0.05) is 41.7 Å². The molecule has 1 aliphatic carbocycles. The first-order valence-electron chi connectivity index (χ1n) is 8.27. The maximum atomic E-state index is 12.3. The van der Waals surface area contributed by atoms with E-state index in [1.165, 1.54) is 0 Å². The van der Waals surface area contributed by atoms with Gasteiger partial charge in [0.05, 0.1) is 12.1 Å². The average molecular weight is 393 g/mol. The van der Waals surface area contributed by atoms with Gasteiger partial charge in [0.1, 0.15) is 4.38 Å². The Balaban J connectivity index is 1.48. The fourth-order valence-corrected chi connectivity index (χ4v) is 4.22. The number of amides is 3. The molecule has 2 N–H and O–H groups in total. The van der Waals surface area contributed by atoms with Crippen LogP contribution in [0.1, 0.15) is 28.8 Å². The molecule has 0 radical (unpaired) electrons. The molecule has 3 rings (SSSR count). The third kappa shape index (κ3) is 5.77. The van der Waals surface area contributed by atoms with Crippen molar-refractivity contribution in [2.45, 2.75) is 24.6 Å². The summed E-state index contributed by atoms with van der Waals surface area (Å²) in [5.74, 6) is 0.364. The lowest BCUT2D eigenvalue weighted by molar-refractivity contribution is -0.123. The highest BCUT2D eigenvalue weighted by Gasteiger charge is 2.24. The molecule has 9 heteroatoms. The van der Waals surface area contributed by atoms with Crippen LogP contribution in [0.15, 0.2) is 29.3 Å². The van der Waals surface area contributed by atoms with E-state index in [1.54, 1.807) is 35.7 Å². The van der Waals surface area contributed by atoms with Crippen LogP contribution < -0.4 is 10.6 Å². The third-order valence-electron chi connectivity index (χ3n) is 3.65. The van der Waals surface area contributed by atoms with Crippen LogP contribution in [0.4, 0.5) is 4.79 Å². The first-order chi connectivity index (χ1) is 12.6. The molecule has 26 heavy (non-hydrogen) atoms. The van der Waals surface area contributed by atoms with Crippen LogP contribution in [0.3, 0.4) is 0 Å². The van der Waals surface area contributed by atoms with Crippen LogP contribution in [-0.4, -0.2) is 47.2 Å². The maximum absolute atomic E-state index is 12.3. The number of rotatable bonds is 6. The molecule has 1 aromatic carbocycles. The van der Waals surface area contributed by atoms with Gasteiger partial charge in [-0.05, 0) is 24.5 Å². The van der Waals surface area contributed by atoms with E-state index in [-0.39, 0.29) is 6.04 Å². The van der Waals surface area contributed by atoms with E-state index < -0.39 is 24.5 Å². The highest BCUT2D eigenvalue weighted by atomic mass is 32.2. The number of ether oxygens (including phenoxy) is 1. The van der Waals surface area contributed by atoms with Crippen molar-refractivity contribution < 1.29 is 19.1 Å². The third-order valence-corrected chi connectivity index (χ3v) is 5.95. The lowest BCUT2D eigenvalue weighted by Gasteiger charge is -2.10. The number of aliphatic imine (C=N–C) groups is 1. The fraction of sp³-hybridized carbons (Fsp3) is 0.412. The molecule has 1 fully saturated rings. The number of nitrogens with zero attached hydrogens (tertiary/aromatic N) is 1. The largest absolute Gasteiger partial charge is 0.452 e. The number of benzene rings is 1. The Morgan fingerprint density at radius 3 is 2.81 bits per heavy atom. The predicted molar refractivity (Wildman–Crippen MR) is 102 cm³/mol. The number of imide groups is 1. The van der Waals surface area contributed by atoms with Gasteiger partial charge in [-0.15, -0.1) is 0 Å². The van der Waals surface area contributed by atoms with Gasteiger partial charge in [0, 0.05) is 17.5 Å². The second kappa shape index (κ2) is 9.09. The van der Waals surface area contributed by atoms with Gasteiger partial charge in [0.25, 0.3) is 5.91 Å². The fourth-order valence-electron chi connectivity index (χ4n) is 2.21. The summed E-state index contributed by atoms with van der Waals surface area (Å²) in [6.45, 7) is 0.334. The molecule has 2 aliphatic rings. The zero-order valence-corrected chi connectivity index (χ0v) is 15.7. The van der Waals surface area contributed by atoms with E-state index in [4.69, 9.17) is 4.74 Å². The number of thioether (sulfide) groups is 2. The Kier molecular flexibility index (Phi) is 6.56. The summed E-state index contributed by atoms with van der Waals surface area (Å²) in [4.78, 5) is 39.9. The van der Waals surface area contributed by atoms with Crippen LogP contribution in [0.5, 0.6) is 0 Å². The molecule has 0 bridgehead atoms. The van der Waals surface area contributed by atoms with E-state index in [2.05, 4.69) is 15.6 Å². The highest BCUT2D eigenvalue weighted by molar-refractivity contribution is 8.38. The van der Waals surface area contributed by atoms with Gasteiger partial charge < -0.3 is 10.1 Å². The number of urea groups is 1. The Bertz CT molecular complexity index is 734. The number of carbonyl (C=O) groups is 3. The molecule has 3 amide bonds. The minimum Gasteiger partial charge on any atom is -0.452 e. The predicted octanol–water partition coefficient (Wildman–Crippen LogP) is 2.17. The maximum Gasteiger partial charge on any atom is 0.338 e. The van der Waals surface area contributed by atoms with E-state index in [0.29, 0.717) is 11.3 Å². The Labute approximate surface area is 159 Å². The smallest absolute Gasteiger partial charge is 0.338 e. The normalized spacial score (nSPS) is 15.9. The van der Waals surface area contributed by atoms with Crippen LogP contribution >= 0.6 is 23.5 Å². The van der Waals surface area contributed by atoms with Crippen molar-refractivity contribution in [1.82, 2.24) is 10.6 Å². The highest BCUT2D eigenvalue weighted by Crippen LogP contribution is 2.26. The standard InChI is InChI=1S/C17H19N3O4S2/c21-14(20-16(23)19-12-5-6-12)9-24-15(22)13-4-2-1-3-11(13)10-26-17-18-7-8-25-17/h1-4,12H,5-10H2,(H2,19,20,21,23). The van der Waals surface area contributed by atoms with Crippen molar-refractivity contribution in [3.8, 4) is 0 Å². The van der Waals surface area contributed by atoms with Gasteiger partial charge >= 0.3 is 12.0 Å². The summed E-state index contributed by atoms with van der Waals surface area (Å²) in [6.07, 6.45) is 1.85. The molecule has 0 spiro atoms. The molecule has 138 valence electrons. The molecule has 7 nitrogen and oxygen atoms in total. The molecular weight excluding hydrogens is 374 g/mol. The van der Waals surface area contributed by atoms with Gasteiger partial charge in [-0.25, -0.2) is 9.59 Å². The van der Waals surface area contributed by atoms with Crippen molar-refractivity contribution in [3.63, 3.8) is 0 Å². The number of hydrogen-bond acceptors (Lipinski definition) is 7. The summed E-state index contributed by atoms with van der Waals surface area (Å²) in [7, 11) is 0. The number of carbonyl (C=O) groups excluding carboxylic acids is 3. The van der Waals surface area contributed by atoms with Crippen LogP contribution in [-0.2, 0) is 15.3 Å². The minimum absolute atomic E-state index is 0.150. The molecule has 0 saturated heterocycles. The monoisotopic (exact) mass is 393 g/mol. The average Bonchev–Trinajstić information content (AvgIpc) is 3.28. The van der Waals surface area contributed by atoms with E-state index in [1.807, 2.05) is 12.1 Å². The van der Waals surface area contributed by atoms with E-state index in [0.717, 1.165) is 35.1 Å². The van der Waals surface area contributed by atoms with Gasteiger partial charge in [-0.3, -0.25) is 15.1 Å². The molecule has 1 saturated carbocycles. The minimum atomic E-state index is -0.653. The first kappa shape index (κ1) is 18.8. The lowest BCUT2D eigenvalue weighted by Crippen LogP contribution is -2.42. The van der Waals surface area contributed by atoms with Gasteiger partial charge in [-0.2, -0.15) is 0 Å². The van der Waals surface area contributed by atoms with Crippen molar-refractivity contribution in [3.05, 3.63) is 35.4 Å². The van der Waals surface area contributed by atoms with Gasteiger partial charge in [0.2, 0.25) is 0 Å². The summed E-state index contributed by atoms with van der Waals surface area (Å²) in [6, 6.07) is 6.71. The molecule has 0 aromatic heterocycles. The molecule has 1 aromatic rings. The lowest BCUT2D eigenvalue weighted by atomic mass is 10.1. The van der Waals surface area contributed by atoms with Crippen LogP contribution in [0.2, 0.25) is 0 Å². The summed E-state index contributed by atoms with van der Waals surface area (Å²) in [5, 5.41) is 4.78. The number of nitrogens with one attached hydrogen (secondary N) is 2. The second-order valence-electron chi connectivity index (χ2n) is 5.81. The zero-order valence-electron chi connectivity index (χ0n) is 14.0. The SMILES string of the molecule is O=C(COC(=O)c1ccccc1CSC1=NCCS1)NC(=O)NC1CC1. The zero-order chi connectivity index (χ0) is 18.4. The number of hydrogen-bond donors (Lipinski definition) is 2. The molecule has 1 heterocycles. The van der Waals surface area contributed by atoms with E-state index in [9.17, 15) is 14.4 Å². The van der Waals surface area contributed by atoms with Crippen LogP contribution in [0, 0.1) is 0 Å². The van der Waals surface area contributed by atoms with Crippen molar-refractivity contribution in [2.24, 2.45) is 4.99 Å².